The monoisotopic (exact) mass is 792 g/mol. The van der Waals surface area contributed by atoms with E-state index in [9.17, 15) is 19.5 Å². The van der Waals surface area contributed by atoms with E-state index in [2.05, 4.69) is 53.2 Å². The van der Waals surface area contributed by atoms with Crippen LogP contribution in [0.4, 0.5) is 11.4 Å². The van der Waals surface area contributed by atoms with Crippen LogP contribution in [0, 0.1) is 17.8 Å². The lowest BCUT2D eigenvalue weighted by molar-refractivity contribution is -0.161. The number of nitrogens with zero attached hydrogens (tertiary/aromatic N) is 3. The summed E-state index contributed by atoms with van der Waals surface area (Å²) in [5.41, 5.74) is 0.954. The zero-order chi connectivity index (χ0) is 38.4. The van der Waals surface area contributed by atoms with Crippen molar-refractivity contribution in [2.75, 3.05) is 42.6 Å². The number of hydrogen-bond acceptors (Lipinski definition) is 8. The van der Waals surface area contributed by atoms with Crippen LogP contribution in [-0.4, -0.2) is 95.1 Å². The molecule has 1 unspecified atom stereocenters. The largest absolute Gasteiger partial charge is 0.455 e. The molecule has 3 aliphatic rings. The molecule has 0 aliphatic carbocycles. The second-order valence-electron chi connectivity index (χ2n) is 14.3. The number of hydrogen-bond donors (Lipinski definition) is 2. The highest BCUT2D eigenvalue weighted by Crippen LogP contribution is 2.61. The number of ether oxygens (including phenoxy) is 2. The molecule has 11 nitrogen and oxygen atoms in total. The average molecular weight is 794 g/mol. The van der Waals surface area contributed by atoms with Crippen molar-refractivity contribution < 1.29 is 33.8 Å². The first kappa shape index (κ1) is 40.2. The molecule has 1 spiro atoms. The predicted molar refractivity (Wildman–Crippen MR) is 209 cm³/mol. The van der Waals surface area contributed by atoms with Gasteiger partial charge >= 0.3 is 5.97 Å². The summed E-state index contributed by atoms with van der Waals surface area (Å²) in [5.74, 6) is -3.96. The Bertz CT molecular complexity index is 1630. The fourth-order valence-corrected chi connectivity index (χ4v) is 9.21. The summed E-state index contributed by atoms with van der Waals surface area (Å²) in [6.07, 6.45) is 2.76. The fourth-order valence-electron chi connectivity index (χ4n) is 8.27. The number of amides is 3. The number of alkyl halides is 1. The highest BCUT2D eigenvalue weighted by atomic mass is 79.9. The van der Waals surface area contributed by atoms with E-state index in [1.807, 2.05) is 68.4 Å². The van der Waals surface area contributed by atoms with Gasteiger partial charge in [0, 0.05) is 42.3 Å². The minimum atomic E-state index is -1.37. The molecule has 0 aromatic heterocycles. The molecule has 3 saturated heterocycles. The SMILES string of the molecule is C=CCCC(=O)NC[C@@H](OC(=O)[C@H]1[C@@H]2O[C@@]3(CC2Br)[C@@H]1C(=O)N([C@@H](CO)C(C)C)[C@@H]3C(=O)N(CC=C)c1ccc(N(CC)CC)cc1)c1ccccc1. The van der Waals surface area contributed by atoms with Gasteiger partial charge in [-0.25, -0.2) is 0 Å². The van der Waals surface area contributed by atoms with Crippen molar-refractivity contribution in [3.8, 4) is 0 Å². The quantitative estimate of drug-likeness (QED) is 0.120. The minimum absolute atomic E-state index is 0.0300. The van der Waals surface area contributed by atoms with Crippen molar-refractivity contribution in [1.82, 2.24) is 10.2 Å². The average Bonchev–Trinajstić information content (AvgIpc) is 3.75. The number of likely N-dealkylation sites (tertiary alicyclic amines) is 1. The molecule has 3 fully saturated rings. The van der Waals surface area contributed by atoms with E-state index in [0.717, 1.165) is 18.8 Å². The first-order valence-corrected chi connectivity index (χ1v) is 19.5. The van der Waals surface area contributed by atoms with Gasteiger partial charge in [0.2, 0.25) is 11.8 Å². The molecule has 286 valence electrons. The lowest BCUT2D eigenvalue weighted by Gasteiger charge is -2.40. The zero-order valence-corrected chi connectivity index (χ0v) is 32.7. The number of anilines is 2. The molecule has 2 aromatic rings. The molecule has 2 N–H and O–H groups in total. The van der Waals surface area contributed by atoms with Gasteiger partial charge in [-0.3, -0.25) is 19.2 Å². The van der Waals surface area contributed by atoms with E-state index < -0.39 is 53.6 Å². The standard InChI is InChI=1S/C41H53BrN4O7/c1-7-11-17-33(48)43-24-32(27-15-13-12-14-16-27)52-40(51)34-35-38(49)46(31(25-47)26(5)6)37(41(35)23-30(42)36(34)53-41)39(50)45(22-8-2)29-20-18-28(19-21-29)44(9-3)10-4/h7-8,12-16,18-21,26,30-32,34-37,47H,1-2,9-11,17,22-25H2,3-6H3,(H,43,48)/t30?,31-,32+,34+,35-,36+,37+,41-/m0/s1. The van der Waals surface area contributed by atoms with E-state index in [1.165, 1.54) is 4.90 Å². The van der Waals surface area contributed by atoms with Gasteiger partial charge < -0.3 is 34.6 Å². The van der Waals surface area contributed by atoms with E-state index in [4.69, 9.17) is 9.47 Å². The van der Waals surface area contributed by atoms with Crippen molar-refractivity contribution in [3.05, 3.63) is 85.5 Å². The Morgan fingerprint density at radius 1 is 1.08 bits per heavy atom. The summed E-state index contributed by atoms with van der Waals surface area (Å²) in [5, 5.41) is 13.6. The number of allylic oxidation sites excluding steroid dienone is 1. The maximum absolute atomic E-state index is 15.1. The number of carbonyl (C=O) groups is 4. The van der Waals surface area contributed by atoms with Gasteiger partial charge in [0.25, 0.3) is 5.91 Å². The van der Waals surface area contributed by atoms with Gasteiger partial charge in [0.05, 0.1) is 37.1 Å². The van der Waals surface area contributed by atoms with Crippen LogP contribution < -0.4 is 15.1 Å². The van der Waals surface area contributed by atoms with Gasteiger partial charge in [0.1, 0.15) is 17.7 Å². The van der Waals surface area contributed by atoms with Crippen LogP contribution in [0.5, 0.6) is 0 Å². The summed E-state index contributed by atoms with van der Waals surface area (Å²) in [7, 11) is 0. The molecule has 0 saturated carbocycles. The predicted octanol–water partition coefficient (Wildman–Crippen LogP) is 5.18. The second kappa shape index (κ2) is 17.4. The number of fused-ring (bicyclic) bond motifs is 1. The van der Waals surface area contributed by atoms with Gasteiger partial charge in [0.15, 0.2) is 0 Å². The highest BCUT2D eigenvalue weighted by molar-refractivity contribution is 9.09. The first-order valence-electron chi connectivity index (χ1n) is 18.6. The van der Waals surface area contributed by atoms with E-state index in [1.54, 1.807) is 17.1 Å². The van der Waals surface area contributed by atoms with E-state index in [-0.39, 0.29) is 48.7 Å². The highest BCUT2D eigenvalue weighted by Gasteiger charge is 2.77. The van der Waals surface area contributed by atoms with E-state index >= 15 is 4.79 Å². The smallest absolute Gasteiger partial charge is 0.313 e. The molecule has 5 rings (SSSR count). The Morgan fingerprint density at radius 2 is 1.74 bits per heavy atom. The number of nitrogens with one attached hydrogen (secondary N) is 1. The van der Waals surface area contributed by atoms with Crippen molar-refractivity contribution in [3.63, 3.8) is 0 Å². The third-order valence-corrected chi connectivity index (χ3v) is 11.7. The van der Waals surface area contributed by atoms with Gasteiger partial charge in [-0.2, -0.15) is 0 Å². The van der Waals surface area contributed by atoms with Crippen LogP contribution in [0.1, 0.15) is 58.6 Å². The van der Waals surface area contributed by atoms with Crippen molar-refractivity contribution in [2.45, 2.75) is 81.7 Å². The molecular formula is C41H53BrN4O7. The third-order valence-electron chi connectivity index (χ3n) is 10.9. The van der Waals surface area contributed by atoms with Gasteiger partial charge in [-0.05, 0) is 62.4 Å². The number of rotatable bonds is 18. The second-order valence-corrected chi connectivity index (χ2v) is 15.5. The maximum atomic E-state index is 15.1. The Hall–Kier alpha value is -4.00. The molecule has 2 aromatic carbocycles. The molecule has 0 radical (unpaired) electrons. The normalized spacial score (nSPS) is 25.5. The first-order chi connectivity index (χ1) is 25.5. The van der Waals surface area contributed by atoms with Crippen LogP contribution in [-0.2, 0) is 28.7 Å². The van der Waals surface area contributed by atoms with Gasteiger partial charge in [-0.15, -0.1) is 13.2 Å². The molecule has 3 amide bonds. The number of aliphatic hydroxyl groups is 1. The molecule has 53 heavy (non-hydrogen) atoms. The Balaban J connectivity index is 1.52. The van der Waals surface area contributed by atoms with Crippen LogP contribution >= 0.6 is 15.9 Å². The lowest BCUT2D eigenvalue weighted by Crippen LogP contribution is -2.60. The zero-order valence-electron chi connectivity index (χ0n) is 31.2. The van der Waals surface area contributed by atoms with Crippen molar-refractivity contribution in [1.29, 1.82) is 0 Å². The number of carbonyl (C=O) groups excluding carboxylic acids is 4. The summed E-state index contributed by atoms with van der Waals surface area (Å²) < 4.78 is 13.0. The molecule has 2 bridgehead atoms. The lowest BCUT2D eigenvalue weighted by atomic mass is 9.70. The minimum Gasteiger partial charge on any atom is -0.455 e. The van der Waals surface area contributed by atoms with Crippen LogP contribution in [0.15, 0.2) is 79.9 Å². The Labute approximate surface area is 321 Å². The third kappa shape index (κ3) is 7.82. The van der Waals surface area contributed by atoms with E-state index in [0.29, 0.717) is 24.1 Å². The molecule has 12 heteroatoms. The molecule has 3 heterocycles. The van der Waals surface area contributed by atoms with Crippen molar-refractivity contribution >= 4 is 51.0 Å². The maximum Gasteiger partial charge on any atom is 0.313 e. The summed E-state index contributed by atoms with van der Waals surface area (Å²) in [6, 6.07) is 15.0. The van der Waals surface area contributed by atoms with Gasteiger partial charge in [-0.1, -0.05) is 72.3 Å². The number of halogens is 1. The summed E-state index contributed by atoms with van der Waals surface area (Å²) in [4.78, 5) is 61.8. The molecular weight excluding hydrogens is 740 g/mol. The number of aliphatic hydroxyl groups excluding tert-OH is 1. The topological polar surface area (TPSA) is 129 Å². The van der Waals surface area contributed by atoms with Crippen LogP contribution in [0.25, 0.3) is 0 Å². The summed E-state index contributed by atoms with van der Waals surface area (Å²) >= 11 is 3.74. The van der Waals surface area contributed by atoms with Crippen molar-refractivity contribution in [2.24, 2.45) is 17.8 Å². The molecule has 3 aliphatic heterocycles. The van der Waals surface area contributed by atoms with Crippen LogP contribution in [0.3, 0.4) is 0 Å². The Morgan fingerprint density at radius 3 is 2.32 bits per heavy atom. The molecule has 8 atom stereocenters. The Kier molecular flexibility index (Phi) is 13.2. The summed E-state index contributed by atoms with van der Waals surface area (Å²) in [6.45, 7) is 17.0. The van der Waals surface area contributed by atoms with Crippen LogP contribution in [0.2, 0.25) is 0 Å². The number of benzene rings is 2. The fraction of sp³-hybridized carbons (Fsp3) is 0.512. The number of esters is 1.